The highest BCUT2D eigenvalue weighted by Gasteiger charge is 2.29. The Morgan fingerprint density at radius 1 is 1.25 bits per heavy atom. The van der Waals surface area contributed by atoms with Crippen molar-refractivity contribution in [3.05, 3.63) is 75.2 Å². The molecule has 0 aliphatic carbocycles. The van der Waals surface area contributed by atoms with Gasteiger partial charge in [0, 0.05) is 37.5 Å². The number of nitrogens with zero attached hydrogens (tertiary/aromatic N) is 2. The van der Waals surface area contributed by atoms with Gasteiger partial charge in [-0.25, -0.2) is 13.2 Å². The van der Waals surface area contributed by atoms with E-state index in [2.05, 4.69) is 10.7 Å². The first-order valence-corrected chi connectivity index (χ1v) is 9.62. The number of benzene rings is 1. The number of aromatic nitrogens is 1. The highest BCUT2D eigenvalue weighted by Crippen LogP contribution is 2.19. The summed E-state index contributed by atoms with van der Waals surface area (Å²) in [6, 6.07) is 1.41. The first-order chi connectivity index (χ1) is 15.1. The normalized spacial score (nSPS) is 19.3. The van der Waals surface area contributed by atoms with Crippen LogP contribution in [0.2, 0.25) is 0 Å². The number of amides is 2. The number of halogens is 3. The lowest BCUT2D eigenvalue weighted by Crippen LogP contribution is -2.39. The van der Waals surface area contributed by atoms with E-state index in [9.17, 15) is 32.7 Å². The van der Waals surface area contributed by atoms with E-state index in [0.717, 1.165) is 23.0 Å². The molecule has 0 spiro atoms. The smallest absolute Gasteiger partial charge is 0.276 e. The zero-order valence-corrected chi connectivity index (χ0v) is 17.2. The summed E-state index contributed by atoms with van der Waals surface area (Å²) >= 11 is 0. The van der Waals surface area contributed by atoms with Crippen LogP contribution in [0.25, 0.3) is 0 Å². The summed E-state index contributed by atoms with van der Waals surface area (Å²) in [6.07, 6.45) is 4.03. The molecule has 1 aromatic heterocycles. The maximum atomic E-state index is 13.8. The molecule has 1 aliphatic rings. The van der Waals surface area contributed by atoms with E-state index in [1.54, 1.807) is 13.0 Å². The summed E-state index contributed by atoms with van der Waals surface area (Å²) in [5, 5.41) is 12.8. The van der Waals surface area contributed by atoms with Gasteiger partial charge in [0.25, 0.3) is 11.8 Å². The number of fused-ring (bicyclic) bond motifs is 1. The van der Waals surface area contributed by atoms with Gasteiger partial charge in [-0.3, -0.25) is 19.1 Å². The monoisotopic (exact) mass is 450 g/mol. The summed E-state index contributed by atoms with van der Waals surface area (Å²) in [5.74, 6) is -4.38. The van der Waals surface area contributed by atoms with E-state index in [4.69, 9.17) is 0 Å². The fraction of sp³-hybridized carbons (Fsp3) is 0.286. The molecule has 2 heterocycles. The van der Waals surface area contributed by atoms with Crippen molar-refractivity contribution >= 4 is 11.8 Å². The van der Waals surface area contributed by atoms with Crippen LogP contribution in [0, 0.1) is 11.6 Å². The number of carbonyl (C=O) groups excluding carboxylic acids is 2. The van der Waals surface area contributed by atoms with E-state index in [1.807, 2.05) is 0 Å². The number of aromatic hydroxyl groups is 1. The molecule has 0 bridgehead atoms. The Balaban J connectivity index is 1.99. The molecular formula is C21H21F3N4O4. The maximum Gasteiger partial charge on any atom is 0.276 e. The van der Waals surface area contributed by atoms with Crippen LogP contribution in [0.5, 0.6) is 5.75 Å². The number of alkyl halides is 1. The summed E-state index contributed by atoms with van der Waals surface area (Å²) < 4.78 is 41.2. The fourth-order valence-electron chi connectivity index (χ4n) is 3.09. The Labute approximate surface area is 180 Å². The van der Waals surface area contributed by atoms with Gasteiger partial charge in [-0.1, -0.05) is 18.2 Å². The molecule has 1 aliphatic heterocycles. The van der Waals surface area contributed by atoms with Crippen LogP contribution in [0.1, 0.15) is 33.3 Å². The minimum atomic E-state index is -1.13. The van der Waals surface area contributed by atoms with Gasteiger partial charge < -0.3 is 20.7 Å². The van der Waals surface area contributed by atoms with E-state index < -0.39 is 64.6 Å². The summed E-state index contributed by atoms with van der Waals surface area (Å²) in [5.41, 5.74) is 0.450. The predicted molar refractivity (Wildman–Crippen MR) is 110 cm³/mol. The van der Waals surface area contributed by atoms with E-state index in [-0.39, 0.29) is 12.1 Å². The number of hydrogen-bond acceptors (Lipinski definition) is 5. The number of pyridine rings is 1. The summed E-state index contributed by atoms with van der Waals surface area (Å²) in [6.45, 7) is 0.430. The van der Waals surface area contributed by atoms with Gasteiger partial charge in [0.1, 0.15) is 23.9 Å². The van der Waals surface area contributed by atoms with Gasteiger partial charge in [0.05, 0.1) is 6.04 Å². The highest BCUT2D eigenvalue weighted by atomic mass is 19.1. The first-order valence-electron chi connectivity index (χ1n) is 9.62. The van der Waals surface area contributed by atoms with E-state index in [0.29, 0.717) is 6.07 Å². The van der Waals surface area contributed by atoms with Crippen molar-refractivity contribution in [1.82, 2.24) is 14.9 Å². The van der Waals surface area contributed by atoms with E-state index in [1.165, 1.54) is 18.0 Å². The van der Waals surface area contributed by atoms with Gasteiger partial charge in [0.15, 0.2) is 11.4 Å². The van der Waals surface area contributed by atoms with Crippen LogP contribution in [0.4, 0.5) is 13.2 Å². The Bertz CT molecular complexity index is 1150. The number of hydrogen-bond donors (Lipinski definition) is 3. The average molecular weight is 450 g/mol. The van der Waals surface area contributed by atoms with Crippen molar-refractivity contribution in [1.29, 1.82) is 0 Å². The molecule has 2 atom stereocenters. The van der Waals surface area contributed by atoms with Crippen molar-refractivity contribution in [2.24, 2.45) is 0 Å². The Morgan fingerprint density at radius 2 is 1.97 bits per heavy atom. The Morgan fingerprint density at radius 3 is 2.62 bits per heavy atom. The standard InChI is InChI=1S/C21H21F3N4O4/c1-11-3-6-14(8-22)26-28-10-15(18(29)19(30)17(28)21(32)27(11)2)20(31)25-9-12-4-5-13(23)7-16(12)24/h3-7,10-11,14,26,30H,8-9H2,1-2H3,(H,25,31)/b6-3-/t11-,14-/m0/s1. The molecule has 8 nitrogen and oxygen atoms in total. The lowest BCUT2D eigenvalue weighted by molar-refractivity contribution is 0.0755. The van der Waals surface area contributed by atoms with Crippen LogP contribution >= 0.6 is 0 Å². The molecule has 0 saturated heterocycles. The third-order valence-electron chi connectivity index (χ3n) is 5.11. The molecule has 1 aromatic carbocycles. The maximum absolute atomic E-state index is 13.8. The van der Waals surface area contributed by atoms with Gasteiger partial charge in [-0.2, -0.15) is 0 Å². The second-order valence-corrected chi connectivity index (χ2v) is 7.29. The first kappa shape index (κ1) is 22.9. The largest absolute Gasteiger partial charge is 0.502 e. The Kier molecular flexibility index (Phi) is 6.56. The van der Waals surface area contributed by atoms with Gasteiger partial charge in [-0.05, 0) is 13.0 Å². The zero-order chi connectivity index (χ0) is 23.6. The number of likely N-dealkylation sites (N-methyl/N-ethyl adjacent to an activating group) is 1. The average Bonchev–Trinajstić information content (AvgIpc) is 2.80. The van der Waals surface area contributed by atoms with Crippen molar-refractivity contribution in [3.8, 4) is 5.75 Å². The predicted octanol–water partition coefficient (Wildman–Crippen LogP) is 1.67. The lowest BCUT2D eigenvalue weighted by Gasteiger charge is -2.24. The number of nitrogens with one attached hydrogen (secondary N) is 2. The molecule has 11 heteroatoms. The van der Waals surface area contributed by atoms with Gasteiger partial charge >= 0.3 is 0 Å². The van der Waals surface area contributed by atoms with Gasteiger partial charge in [-0.15, -0.1) is 0 Å². The molecule has 3 N–H and O–H groups in total. The van der Waals surface area contributed by atoms with Crippen molar-refractivity contribution in [3.63, 3.8) is 0 Å². The zero-order valence-electron chi connectivity index (χ0n) is 17.2. The Hall–Kier alpha value is -3.76. The lowest BCUT2D eigenvalue weighted by atomic mass is 10.1. The molecule has 2 aromatic rings. The van der Waals surface area contributed by atoms with Crippen LogP contribution in [0.3, 0.4) is 0 Å². The molecule has 3 rings (SSSR count). The summed E-state index contributed by atoms with van der Waals surface area (Å²) in [7, 11) is 1.44. The number of carbonyl (C=O) groups is 2. The second kappa shape index (κ2) is 9.16. The molecule has 0 fully saturated rings. The van der Waals surface area contributed by atoms with Crippen LogP contribution in [-0.4, -0.2) is 52.3 Å². The third kappa shape index (κ3) is 4.46. The molecule has 0 radical (unpaired) electrons. The van der Waals surface area contributed by atoms with Crippen LogP contribution < -0.4 is 16.2 Å². The minimum Gasteiger partial charge on any atom is -0.502 e. The SMILES string of the molecule is C[C@H]1/C=C\[C@@H](CF)Nn2cc(C(=O)NCc3ccc(F)cc3F)c(=O)c(O)c2C(=O)N1C. The van der Waals surface area contributed by atoms with Crippen molar-refractivity contribution in [2.75, 3.05) is 19.1 Å². The molecule has 0 unspecified atom stereocenters. The van der Waals surface area contributed by atoms with Crippen LogP contribution in [0.15, 0.2) is 41.3 Å². The van der Waals surface area contributed by atoms with Gasteiger partial charge in [0.2, 0.25) is 5.43 Å². The molecular weight excluding hydrogens is 429 g/mol. The van der Waals surface area contributed by atoms with Crippen LogP contribution in [-0.2, 0) is 6.54 Å². The highest BCUT2D eigenvalue weighted by molar-refractivity contribution is 5.98. The molecule has 2 amide bonds. The second-order valence-electron chi connectivity index (χ2n) is 7.29. The summed E-state index contributed by atoms with van der Waals surface area (Å²) in [4.78, 5) is 39.3. The fourth-order valence-corrected chi connectivity index (χ4v) is 3.09. The minimum absolute atomic E-state index is 0.0293. The third-order valence-corrected chi connectivity index (χ3v) is 5.11. The van der Waals surface area contributed by atoms with E-state index >= 15 is 0 Å². The number of rotatable bonds is 4. The molecule has 170 valence electrons. The molecule has 32 heavy (non-hydrogen) atoms. The van der Waals surface area contributed by atoms with Crippen molar-refractivity contribution in [2.45, 2.75) is 25.6 Å². The topological polar surface area (TPSA) is 104 Å². The van der Waals surface area contributed by atoms with Crippen molar-refractivity contribution < 1.29 is 27.9 Å². The quantitative estimate of drug-likeness (QED) is 0.615. The molecule has 0 saturated carbocycles.